The number of imidazole rings is 2. The zero-order valence-electron chi connectivity index (χ0n) is 17.1. The Bertz CT molecular complexity index is 1520. The molecule has 0 fully saturated rings. The van der Waals surface area contributed by atoms with Crippen molar-refractivity contribution in [3.8, 4) is 0 Å². The van der Waals surface area contributed by atoms with E-state index in [1.54, 1.807) is 0 Å². The monoisotopic (exact) mass is 462 g/mol. The van der Waals surface area contributed by atoms with Crippen LogP contribution in [0.4, 0.5) is 5.69 Å². The Morgan fingerprint density at radius 2 is 1.58 bits per heavy atom. The van der Waals surface area contributed by atoms with E-state index in [0.29, 0.717) is 17.2 Å². The third kappa shape index (κ3) is 4.19. The number of nitro benzene ring substituents is 1. The maximum absolute atomic E-state index is 13.2. The summed E-state index contributed by atoms with van der Waals surface area (Å²) in [5.74, 6) is 0.981. The minimum Gasteiger partial charge on any atom is -0.342 e. The largest absolute Gasteiger partial charge is 0.342 e. The molecule has 2 heterocycles. The quantitative estimate of drug-likeness (QED) is 0.249. The lowest BCUT2D eigenvalue weighted by atomic mass is 10.2. The number of nitrogens with zero attached hydrogens (tertiary/aromatic N) is 3. The van der Waals surface area contributed by atoms with Gasteiger partial charge < -0.3 is 9.97 Å². The summed E-state index contributed by atoms with van der Waals surface area (Å²) in [6, 6.07) is 19.0. The maximum Gasteiger partial charge on any atom is 0.270 e. The Morgan fingerprint density at radius 1 is 0.909 bits per heavy atom. The third-order valence-corrected chi connectivity index (χ3v) is 6.68. The molecule has 2 aromatic heterocycles. The summed E-state index contributed by atoms with van der Waals surface area (Å²) in [4.78, 5) is 25.7. The van der Waals surface area contributed by atoms with Gasteiger partial charge in [0.15, 0.2) is 0 Å². The molecule has 33 heavy (non-hydrogen) atoms. The summed E-state index contributed by atoms with van der Waals surface area (Å²) >= 11 is 0. The van der Waals surface area contributed by atoms with Crippen LogP contribution in [0.15, 0.2) is 77.7 Å². The molecule has 5 aromatic rings. The van der Waals surface area contributed by atoms with Crippen molar-refractivity contribution in [1.82, 2.24) is 24.7 Å². The van der Waals surface area contributed by atoms with Crippen LogP contribution in [0.25, 0.3) is 22.1 Å². The van der Waals surface area contributed by atoms with Gasteiger partial charge in [-0.3, -0.25) is 10.1 Å². The highest BCUT2D eigenvalue weighted by Crippen LogP contribution is 2.24. The first-order chi connectivity index (χ1) is 15.9. The van der Waals surface area contributed by atoms with Gasteiger partial charge in [0, 0.05) is 18.6 Å². The number of non-ortho nitro benzene ring substituents is 1. The van der Waals surface area contributed by atoms with Crippen molar-refractivity contribution in [2.24, 2.45) is 0 Å². The first kappa shape index (κ1) is 20.8. The molecular formula is C22H18N6O4S. The Labute approximate surface area is 187 Å². The molecule has 5 rings (SSSR count). The average molecular weight is 462 g/mol. The van der Waals surface area contributed by atoms with E-state index in [1.165, 1.54) is 18.2 Å². The Kier molecular flexibility index (Phi) is 5.11. The van der Waals surface area contributed by atoms with Crippen LogP contribution in [0.3, 0.4) is 0 Å². The van der Waals surface area contributed by atoms with Crippen LogP contribution in [0, 0.1) is 10.1 Å². The number of rotatable bonds is 7. The van der Waals surface area contributed by atoms with E-state index in [2.05, 4.69) is 24.7 Å². The number of aromatic amines is 2. The van der Waals surface area contributed by atoms with Crippen molar-refractivity contribution >= 4 is 37.8 Å². The van der Waals surface area contributed by atoms with E-state index in [0.717, 1.165) is 22.6 Å². The van der Waals surface area contributed by atoms with E-state index < -0.39 is 21.0 Å². The number of H-pyrrole nitrogens is 2. The topological polar surface area (TPSA) is 147 Å². The third-order valence-electron chi connectivity index (χ3n) is 5.21. The van der Waals surface area contributed by atoms with E-state index in [1.807, 2.05) is 48.5 Å². The molecule has 0 aliphatic heterocycles. The van der Waals surface area contributed by atoms with Crippen molar-refractivity contribution < 1.29 is 13.3 Å². The predicted molar refractivity (Wildman–Crippen MR) is 122 cm³/mol. The highest BCUT2D eigenvalue weighted by Gasteiger charge is 2.26. The number of fused-ring (bicyclic) bond motifs is 2. The molecule has 3 N–H and O–H groups in total. The van der Waals surface area contributed by atoms with E-state index in [4.69, 9.17) is 0 Å². The molecule has 0 saturated carbocycles. The molecule has 0 aliphatic carbocycles. The number of para-hydroxylation sites is 4. The van der Waals surface area contributed by atoms with Crippen LogP contribution >= 0.6 is 0 Å². The molecule has 10 nitrogen and oxygen atoms in total. The second-order valence-corrected chi connectivity index (χ2v) is 9.19. The second kappa shape index (κ2) is 8.11. The van der Waals surface area contributed by atoms with Gasteiger partial charge in [-0.25, -0.2) is 23.1 Å². The van der Waals surface area contributed by atoms with Crippen molar-refractivity contribution in [1.29, 1.82) is 0 Å². The standard InChI is InChI=1S/C22H18N6O4S/c29-28(30)14-6-5-7-15(12-14)33(31,32)27-20(22-25-18-10-3-4-11-19(18)26-22)13-21-23-16-8-1-2-9-17(16)24-21/h1-12,20,27H,13H2,(H,23,24)(H,25,26). The van der Waals surface area contributed by atoms with Gasteiger partial charge in [-0.15, -0.1) is 0 Å². The summed E-state index contributed by atoms with van der Waals surface area (Å²) in [5, 5.41) is 11.1. The number of hydrogen-bond donors (Lipinski definition) is 3. The molecule has 166 valence electrons. The molecule has 0 radical (unpaired) electrons. The molecule has 11 heteroatoms. The highest BCUT2D eigenvalue weighted by molar-refractivity contribution is 7.89. The summed E-state index contributed by atoms with van der Waals surface area (Å²) in [7, 11) is -4.11. The van der Waals surface area contributed by atoms with Gasteiger partial charge in [0.05, 0.1) is 37.9 Å². The Balaban J connectivity index is 1.54. The van der Waals surface area contributed by atoms with Crippen LogP contribution in [0.2, 0.25) is 0 Å². The first-order valence-electron chi connectivity index (χ1n) is 10.0. The van der Waals surface area contributed by atoms with Crippen molar-refractivity contribution in [3.63, 3.8) is 0 Å². The molecule has 0 bridgehead atoms. The van der Waals surface area contributed by atoms with Gasteiger partial charge in [0.1, 0.15) is 11.6 Å². The van der Waals surface area contributed by atoms with Gasteiger partial charge in [-0.1, -0.05) is 30.3 Å². The van der Waals surface area contributed by atoms with E-state index >= 15 is 0 Å². The summed E-state index contributed by atoms with van der Waals surface area (Å²) in [5.41, 5.74) is 2.73. The van der Waals surface area contributed by atoms with Crippen molar-refractivity contribution in [2.45, 2.75) is 17.4 Å². The summed E-state index contributed by atoms with van der Waals surface area (Å²) in [6.07, 6.45) is 0.183. The number of nitrogens with one attached hydrogen (secondary N) is 3. The van der Waals surface area contributed by atoms with Crippen molar-refractivity contribution in [2.75, 3.05) is 0 Å². The van der Waals surface area contributed by atoms with Crippen molar-refractivity contribution in [3.05, 3.63) is 94.6 Å². The lowest BCUT2D eigenvalue weighted by molar-refractivity contribution is -0.385. The normalized spacial score (nSPS) is 12.8. The fourth-order valence-corrected chi connectivity index (χ4v) is 4.89. The Hall–Kier alpha value is -4.09. The van der Waals surface area contributed by atoms with Crippen LogP contribution in [-0.4, -0.2) is 33.3 Å². The number of benzene rings is 3. The van der Waals surface area contributed by atoms with Gasteiger partial charge in [-0.05, 0) is 30.3 Å². The Morgan fingerprint density at radius 3 is 2.24 bits per heavy atom. The van der Waals surface area contributed by atoms with Gasteiger partial charge in [0.25, 0.3) is 5.69 Å². The van der Waals surface area contributed by atoms with E-state index in [-0.39, 0.29) is 17.0 Å². The highest BCUT2D eigenvalue weighted by atomic mass is 32.2. The van der Waals surface area contributed by atoms with Crippen LogP contribution < -0.4 is 4.72 Å². The molecule has 3 aromatic carbocycles. The zero-order valence-corrected chi connectivity index (χ0v) is 17.9. The molecule has 0 amide bonds. The fraction of sp³-hybridized carbons (Fsp3) is 0.0909. The fourth-order valence-electron chi connectivity index (χ4n) is 3.65. The summed E-state index contributed by atoms with van der Waals surface area (Å²) in [6.45, 7) is 0. The predicted octanol–water partition coefficient (Wildman–Crippen LogP) is 3.61. The number of hydrogen-bond acceptors (Lipinski definition) is 6. The number of aromatic nitrogens is 4. The minimum atomic E-state index is -4.11. The van der Waals surface area contributed by atoms with Gasteiger partial charge >= 0.3 is 0 Å². The van der Waals surface area contributed by atoms with E-state index in [9.17, 15) is 18.5 Å². The molecule has 0 aliphatic rings. The molecule has 1 atom stereocenters. The number of sulfonamides is 1. The molecule has 0 spiro atoms. The second-order valence-electron chi connectivity index (χ2n) is 7.47. The SMILES string of the molecule is O=[N+]([O-])c1cccc(S(=O)(=O)NC(Cc2nc3ccccc3[nH]2)c2nc3ccccc3[nH]2)c1. The van der Waals surface area contributed by atoms with Crippen LogP contribution in [0.1, 0.15) is 17.7 Å². The zero-order chi connectivity index (χ0) is 23.0. The lowest BCUT2D eigenvalue weighted by Crippen LogP contribution is -2.31. The molecular weight excluding hydrogens is 444 g/mol. The van der Waals surface area contributed by atoms with Gasteiger partial charge in [-0.2, -0.15) is 0 Å². The number of nitro groups is 1. The smallest absolute Gasteiger partial charge is 0.270 e. The van der Waals surface area contributed by atoms with Crippen LogP contribution in [-0.2, 0) is 16.4 Å². The lowest BCUT2D eigenvalue weighted by Gasteiger charge is -2.16. The first-order valence-corrected chi connectivity index (χ1v) is 11.5. The van der Waals surface area contributed by atoms with Crippen LogP contribution in [0.5, 0.6) is 0 Å². The molecule has 0 saturated heterocycles. The maximum atomic E-state index is 13.2. The summed E-state index contributed by atoms with van der Waals surface area (Å²) < 4.78 is 29.0. The minimum absolute atomic E-state index is 0.183. The average Bonchev–Trinajstić information content (AvgIpc) is 3.42. The van der Waals surface area contributed by atoms with Gasteiger partial charge in [0.2, 0.25) is 10.0 Å². The molecule has 1 unspecified atom stereocenters.